The fraction of sp³-hybridized carbons (Fsp3) is 0.429. The highest BCUT2D eigenvalue weighted by Crippen LogP contribution is 2.38. The van der Waals surface area contributed by atoms with Gasteiger partial charge < -0.3 is 28.9 Å². The first-order chi connectivity index (χ1) is 25.6. The van der Waals surface area contributed by atoms with Crippen molar-refractivity contribution >= 4 is 36.8 Å². The van der Waals surface area contributed by atoms with Gasteiger partial charge in [-0.05, 0) is 55.6 Å². The molecule has 0 spiro atoms. The maximum absolute atomic E-state index is 13.9. The molecule has 1 N–H and O–H groups in total. The van der Waals surface area contributed by atoms with Crippen LogP contribution in [0.1, 0.15) is 88.7 Å². The summed E-state index contributed by atoms with van der Waals surface area (Å²) in [5, 5.41) is 9.80. The van der Waals surface area contributed by atoms with E-state index in [2.05, 4.69) is 50.4 Å². The maximum atomic E-state index is 13.9. The number of alkyl carbamates (subject to hydrolysis) is 1. The lowest BCUT2D eigenvalue weighted by molar-refractivity contribution is 0.0134. The molecule has 1 unspecified atom stereocenters. The molecule has 2 atom stereocenters. The van der Waals surface area contributed by atoms with Gasteiger partial charge in [0.2, 0.25) is 0 Å². The zero-order chi connectivity index (χ0) is 39.1. The van der Waals surface area contributed by atoms with E-state index in [9.17, 15) is 14.4 Å². The molecule has 54 heavy (non-hydrogen) atoms. The lowest BCUT2D eigenvalue weighted by atomic mass is 10.00. The van der Waals surface area contributed by atoms with E-state index in [4.69, 9.17) is 23.7 Å². The number of carbonyl (C=O) groups is 3. The molecule has 4 aromatic rings. The van der Waals surface area contributed by atoms with Crippen LogP contribution in [0.4, 0.5) is 9.59 Å². The quantitative estimate of drug-likeness (QED) is 0.0955. The Morgan fingerprint density at radius 2 is 1.44 bits per heavy atom. The van der Waals surface area contributed by atoms with E-state index < -0.39 is 38.1 Å². The standard InChI is InChI=1S/C42H54N4O7Si/c1-9-50-38(47)37-35-27-45(40(49)53-41(3,4)5)30(2)25-36(35)44-46(37)32(26-43-39(48)51-28-31-19-13-10-14-20-31)29-52-54(42(6,7)8,33-21-15-11-16-22-33)34-23-17-12-18-24-34/h10-24,30,32H,9,25-29H2,1-8H3,(H,43,48)/t30-,32?/m1/s1. The first-order valence-corrected chi connectivity index (χ1v) is 20.5. The smallest absolute Gasteiger partial charge is 0.410 e. The molecule has 1 aliphatic heterocycles. The van der Waals surface area contributed by atoms with Crippen molar-refractivity contribution in [2.75, 3.05) is 19.8 Å². The molecule has 11 nitrogen and oxygen atoms in total. The zero-order valence-corrected chi connectivity index (χ0v) is 33.8. The number of nitrogens with one attached hydrogen (secondary N) is 1. The van der Waals surface area contributed by atoms with Gasteiger partial charge in [-0.25, -0.2) is 14.4 Å². The SMILES string of the molecule is CCOC(=O)c1c2c(nn1C(CNC(=O)OCc1ccccc1)CO[Si](c1ccccc1)(c1ccccc1)C(C)(C)C)C[C@@H](C)N(C(=O)OC(C)(C)C)C2. The van der Waals surface area contributed by atoms with Crippen LogP contribution in [0.25, 0.3) is 0 Å². The molecule has 0 aliphatic carbocycles. The Balaban J connectivity index is 1.57. The van der Waals surface area contributed by atoms with Gasteiger partial charge in [0.05, 0.1) is 31.5 Å². The van der Waals surface area contributed by atoms with Crippen LogP contribution in [0.5, 0.6) is 0 Å². The summed E-state index contributed by atoms with van der Waals surface area (Å²) in [5.74, 6) is -0.577. The Morgan fingerprint density at radius 1 is 0.870 bits per heavy atom. The van der Waals surface area contributed by atoms with E-state index >= 15 is 0 Å². The second kappa shape index (κ2) is 17.0. The number of carbonyl (C=O) groups excluding carboxylic acids is 3. The highest BCUT2D eigenvalue weighted by atomic mass is 28.4. The van der Waals surface area contributed by atoms with Gasteiger partial charge >= 0.3 is 18.2 Å². The van der Waals surface area contributed by atoms with Crippen LogP contribution in [0.3, 0.4) is 0 Å². The fourth-order valence-electron chi connectivity index (χ4n) is 6.98. The molecule has 0 bridgehead atoms. The van der Waals surface area contributed by atoms with Crippen LogP contribution in [0.15, 0.2) is 91.0 Å². The lowest BCUT2D eigenvalue weighted by Crippen LogP contribution is -2.67. The predicted molar refractivity (Wildman–Crippen MR) is 210 cm³/mol. The Bertz CT molecular complexity index is 1830. The van der Waals surface area contributed by atoms with E-state index in [0.717, 1.165) is 15.9 Å². The van der Waals surface area contributed by atoms with Crippen LogP contribution >= 0.6 is 0 Å². The van der Waals surface area contributed by atoms with Crippen molar-refractivity contribution < 1.29 is 33.0 Å². The molecule has 0 fully saturated rings. The van der Waals surface area contributed by atoms with E-state index in [1.165, 1.54) is 0 Å². The van der Waals surface area contributed by atoms with Gasteiger partial charge in [0.1, 0.15) is 12.2 Å². The van der Waals surface area contributed by atoms with Crippen LogP contribution in [0, 0.1) is 0 Å². The number of amides is 2. The number of hydrogen-bond acceptors (Lipinski definition) is 8. The molecule has 1 aliphatic rings. The molecule has 2 amide bonds. The van der Waals surface area contributed by atoms with Gasteiger partial charge in [0.25, 0.3) is 8.32 Å². The van der Waals surface area contributed by atoms with Gasteiger partial charge in [-0.2, -0.15) is 5.10 Å². The van der Waals surface area contributed by atoms with E-state index in [1.54, 1.807) is 16.5 Å². The lowest BCUT2D eigenvalue weighted by Gasteiger charge is -2.43. The van der Waals surface area contributed by atoms with Gasteiger partial charge in [-0.1, -0.05) is 112 Å². The Kier molecular flexibility index (Phi) is 12.7. The second-order valence-corrected chi connectivity index (χ2v) is 20.0. The monoisotopic (exact) mass is 754 g/mol. The summed E-state index contributed by atoms with van der Waals surface area (Å²) in [7, 11) is -3.06. The number of aromatic nitrogens is 2. The van der Waals surface area contributed by atoms with Crippen LogP contribution in [-0.4, -0.2) is 72.6 Å². The molecule has 12 heteroatoms. The summed E-state index contributed by atoms with van der Waals surface area (Å²) in [6.45, 7) is 16.2. The van der Waals surface area contributed by atoms with Crippen molar-refractivity contribution in [1.82, 2.24) is 20.0 Å². The molecule has 1 aromatic heterocycles. The average molecular weight is 755 g/mol. The first-order valence-electron chi connectivity index (χ1n) is 18.6. The van der Waals surface area contributed by atoms with Crippen LogP contribution in [0.2, 0.25) is 5.04 Å². The summed E-state index contributed by atoms with van der Waals surface area (Å²) in [6.07, 6.45) is -0.700. The summed E-state index contributed by atoms with van der Waals surface area (Å²) in [4.78, 5) is 42.1. The maximum Gasteiger partial charge on any atom is 0.410 e. The Morgan fingerprint density at radius 3 is 1.98 bits per heavy atom. The number of nitrogens with zero attached hydrogens (tertiary/aromatic N) is 3. The Labute approximate surface area is 320 Å². The van der Waals surface area contributed by atoms with Crippen molar-refractivity contribution in [1.29, 1.82) is 0 Å². The zero-order valence-electron chi connectivity index (χ0n) is 32.8. The number of benzene rings is 3. The Hall–Kier alpha value is -4.94. The van der Waals surface area contributed by atoms with Crippen molar-refractivity contribution in [3.8, 4) is 0 Å². The minimum Gasteiger partial charge on any atom is -0.461 e. The van der Waals surface area contributed by atoms with E-state index in [-0.39, 0.29) is 49.7 Å². The molecule has 288 valence electrons. The topological polar surface area (TPSA) is 121 Å². The molecule has 5 rings (SSSR count). The summed E-state index contributed by atoms with van der Waals surface area (Å²) >= 11 is 0. The van der Waals surface area contributed by atoms with Crippen molar-refractivity contribution in [3.63, 3.8) is 0 Å². The number of esters is 1. The molecule has 0 saturated carbocycles. The van der Waals surface area contributed by atoms with Gasteiger partial charge in [0.15, 0.2) is 5.69 Å². The number of rotatable bonds is 12. The normalized spacial score (nSPS) is 15.2. The summed E-state index contributed by atoms with van der Waals surface area (Å²) in [6, 6.07) is 29.0. The minimum atomic E-state index is -3.06. The van der Waals surface area contributed by atoms with E-state index in [0.29, 0.717) is 17.7 Å². The van der Waals surface area contributed by atoms with Gasteiger partial charge in [-0.3, -0.25) is 4.68 Å². The second-order valence-electron chi connectivity index (χ2n) is 15.7. The minimum absolute atomic E-state index is 0.0319. The molecular weight excluding hydrogens is 701 g/mol. The summed E-state index contributed by atoms with van der Waals surface area (Å²) < 4.78 is 25.9. The van der Waals surface area contributed by atoms with Crippen molar-refractivity contribution in [2.45, 2.75) is 97.7 Å². The number of fused-ring (bicyclic) bond motifs is 1. The highest BCUT2D eigenvalue weighted by Gasteiger charge is 2.51. The third-order valence-electron chi connectivity index (χ3n) is 9.49. The van der Waals surface area contributed by atoms with Crippen molar-refractivity contribution in [2.24, 2.45) is 0 Å². The third kappa shape index (κ3) is 9.22. The molecule has 0 radical (unpaired) electrons. The van der Waals surface area contributed by atoms with Gasteiger partial charge in [-0.15, -0.1) is 0 Å². The van der Waals surface area contributed by atoms with E-state index in [1.807, 2.05) is 94.4 Å². The van der Waals surface area contributed by atoms with Gasteiger partial charge in [0, 0.05) is 24.6 Å². The molecule has 3 aromatic carbocycles. The molecular formula is C42H54N4O7Si. The first kappa shape index (κ1) is 40.2. The number of ether oxygens (including phenoxy) is 3. The van der Waals surface area contributed by atoms with Crippen LogP contribution in [-0.2, 0) is 38.2 Å². The molecule has 2 heterocycles. The third-order valence-corrected chi connectivity index (χ3v) is 14.5. The summed E-state index contributed by atoms with van der Waals surface area (Å²) in [5.41, 5.74) is 1.62. The highest BCUT2D eigenvalue weighted by molar-refractivity contribution is 6.99. The number of hydrogen-bond donors (Lipinski definition) is 1. The largest absolute Gasteiger partial charge is 0.461 e. The average Bonchev–Trinajstić information content (AvgIpc) is 3.50. The van der Waals surface area contributed by atoms with Crippen LogP contribution < -0.4 is 15.7 Å². The fourth-order valence-corrected chi connectivity index (χ4v) is 11.6. The van der Waals surface area contributed by atoms with Crippen molar-refractivity contribution in [3.05, 3.63) is 114 Å². The predicted octanol–water partition coefficient (Wildman–Crippen LogP) is 6.79. The molecule has 0 saturated heterocycles.